The summed E-state index contributed by atoms with van der Waals surface area (Å²) in [5, 5.41) is 29.3. The van der Waals surface area contributed by atoms with Crippen LogP contribution in [-0.2, 0) is 0 Å². The van der Waals surface area contributed by atoms with E-state index in [1.165, 1.54) is 0 Å². The Morgan fingerprint density at radius 3 is 1.86 bits per heavy atom. The highest BCUT2D eigenvalue weighted by Gasteiger charge is 2.23. The van der Waals surface area contributed by atoms with Gasteiger partial charge in [0.2, 0.25) is 0 Å². The fourth-order valence-electron chi connectivity index (χ4n) is 1.56. The number of rotatable bonds is 7. The first kappa shape index (κ1) is 30.3. The third-order valence-electron chi connectivity index (χ3n) is 3.03. The lowest BCUT2D eigenvalue weighted by Crippen LogP contribution is -2.29. The van der Waals surface area contributed by atoms with Crippen molar-refractivity contribution < 1.29 is 20.1 Å². The molecule has 0 aliphatic heterocycles. The lowest BCUT2D eigenvalue weighted by molar-refractivity contribution is 0.0977. The second kappa shape index (κ2) is 15.9. The van der Waals surface area contributed by atoms with Crippen molar-refractivity contribution in [2.75, 3.05) is 25.5 Å². The van der Waals surface area contributed by atoms with E-state index in [-0.39, 0.29) is 13.2 Å². The van der Waals surface area contributed by atoms with E-state index in [9.17, 15) is 9.90 Å². The molecule has 28 heavy (non-hydrogen) atoms. The molecule has 0 fully saturated rings. The highest BCUT2D eigenvalue weighted by molar-refractivity contribution is 14.1. The zero-order valence-corrected chi connectivity index (χ0v) is 23.0. The van der Waals surface area contributed by atoms with E-state index in [4.69, 9.17) is 21.7 Å². The van der Waals surface area contributed by atoms with Crippen molar-refractivity contribution in [3.8, 4) is 0 Å². The summed E-state index contributed by atoms with van der Waals surface area (Å²) in [6.45, 7) is 11.9. The van der Waals surface area contributed by atoms with Gasteiger partial charge in [0.05, 0.1) is 27.5 Å². The van der Waals surface area contributed by atoms with Gasteiger partial charge in [-0.2, -0.15) is 0 Å². The van der Waals surface area contributed by atoms with Crippen molar-refractivity contribution in [2.45, 2.75) is 33.8 Å². The SMILES string of the molecule is C=C(NCC(O)CO)c1c(I)c(N)c(I)c(C(N)=O)c1I.CC.CC(C)CO. The molecule has 0 heterocycles. The van der Waals surface area contributed by atoms with Crippen molar-refractivity contribution in [3.63, 3.8) is 0 Å². The molecule has 0 saturated heterocycles. The van der Waals surface area contributed by atoms with Gasteiger partial charge in [-0.3, -0.25) is 4.79 Å². The van der Waals surface area contributed by atoms with Gasteiger partial charge in [-0.15, -0.1) is 0 Å². The second-order valence-corrected chi connectivity index (χ2v) is 8.98. The highest BCUT2D eigenvalue weighted by Crippen LogP contribution is 2.35. The normalized spacial score (nSPS) is 11.0. The predicted octanol–water partition coefficient (Wildman–Crippen LogP) is 2.76. The molecule has 1 amide bonds. The molecule has 0 aliphatic rings. The van der Waals surface area contributed by atoms with E-state index in [1.807, 2.05) is 72.9 Å². The molecule has 0 bridgehead atoms. The Bertz CT molecular complexity index is 656. The van der Waals surface area contributed by atoms with E-state index >= 15 is 0 Å². The predicted molar refractivity (Wildman–Crippen MR) is 141 cm³/mol. The van der Waals surface area contributed by atoms with E-state index < -0.39 is 12.0 Å². The number of aliphatic hydroxyl groups is 3. The summed E-state index contributed by atoms with van der Waals surface area (Å²) >= 11 is 6.10. The van der Waals surface area contributed by atoms with E-state index in [0.29, 0.717) is 42.2 Å². The number of primary amides is 1. The van der Waals surface area contributed by atoms with Gasteiger partial charge in [0.15, 0.2) is 0 Å². The number of hydrogen-bond donors (Lipinski definition) is 6. The van der Waals surface area contributed by atoms with Crippen molar-refractivity contribution >= 4 is 85.1 Å². The number of carbonyl (C=O) groups is 1. The van der Waals surface area contributed by atoms with Crippen LogP contribution in [-0.4, -0.2) is 47.1 Å². The van der Waals surface area contributed by atoms with E-state index in [0.717, 1.165) is 3.57 Å². The lowest BCUT2D eigenvalue weighted by atomic mass is 10.1. The fourth-order valence-corrected chi connectivity index (χ4v) is 5.91. The molecule has 0 aromatic heterocycles. The Morgan fingerprint density at radius 2 is 1.50 bits per heavy atom. The van der Waals surface area contributed by atoms with Crippen LogP contribution in [0.15, 0.2) is 6.58 Å². The van der Waals surface area contributed by atoms with Gasteiger partial charge in [-0.1, -0.05) is 34.3 Å². The molecule has 10 heteroatoms. The van der Waals surface area contributed by atoms with Crippen LogP contribution in [0.3, 0.4) is 0 Å². The zero-order valence-electron chi connectivity index (χ0n) is 16.5. The molecular formula is C18H30I3N3O4. The van der Waals surface area contributed by atoms with Gasteiger partial charge < -0.3 is 32.1 Å². The number of aliphatic hydroxyl groups excluding tert-OH is 3. The third kappa shape index (κ3) is 9.73. The number of amides is 1. The van der Waals surface area contributed by atoms with Gasteiger partial charge >= 0.3 is 0 Å². The van der Waals surface area contributed by atoms with Crippen LogP contribution in [0, 0.1) is 16.6 Å². The van der Waals surface area contributed by atoms with Gasteiger partial charge in [0.25, 0.3) is 5.91 Å². The summed E-state index contributed by atoms with van der Waals surface area (Å²) in [7, 11) is 0. The molecular weight excluding hydrogens is 703 g/mol. The van der Waals surface area contributed by atoms with Crippen LogP contribution < -0.4 is 16.8 Å². The Balaban J connectivity index is 0. The molecule has 1 aromatic rings. The highest BCUT2D eigenvalue weighted by atomic mass is 127. The number of anilines is 1. The first-order valence-corrected chi connectivity index (χ1v) is 11.8. The first-order chi connectivity index (χ1) is 13.0. The maximum absolute atomic E-state index is 11.6. The monoisotopic (exact) mass is 733 g/mol. The van der Waals surface area contributed by atoms with E-state index in [2.05, 4.69) is 34.5 Å². The average Bonchev–Trinajstić information content (AvgIpc) is 2.66. The molecule has 7 nitrogen and oxygen atoms in total. The smallest absolute Gasteiger partial charge is 0.250 e. The zero-order chi connectivity index (χ0) is 22.6. The van der Waals surface area contributed by atoms with Gasteiger partial charge in [0, 0.05) is 31.6 Å². The average molecular weight is 733 g/mol. The summed E-state index contributed by atoms with van der Waals surface area (Å²) < 4.78 is 2.02. The van der Waals surface area contributed by atoms with Crippen LogP contribution in [0.4, 0.5) is 5.69 Å². The minimum Gasteiger partial charge on any atom is -0.397 e. The van der Waals surface area contributed by atoms with Crippen LogP contribution in [0.1, 0.15) is 43.6 Å². The largest absolute Gasteiger partial charge is 0.397 e. The fraction of sp³-hybridized carbons (Fsp3) is 0.500. The molecule has 1 unspecified atom stereocenters. The molecule has 0 radical (unpaired) electrons. The van der Waals surface area contributed by atoms with Crippen LogP contribution in [0.5, 0.6) is 0 Å². The Labute approximate surface area is 208 Å². The summed E-state index contributed by atoms with van der Waals surface area (Å²) in [6.07, 6.45) is -0.895. The Hall–Kier alpha value is 0.1000. The Morgan fingerprint density at radius 1 is 1.07 bits per heavy atom. The molecule has 1 rings (SSSR count). The quantitative estimate of drug-likeness (QED) is 0.188. The third-order valence-corrected chi connectivity index (χ3v) is 6.35. The minimum atomic E-state index is -0.895. The summed E-state index contributed by atoms with van der Waals surface area (Å²) in [5.41, 5.74) is 13.4. The minimum absolute atomic E-state index is 0.138. The molecule has 0 saturated carbocycles. The number of carbonyl (C=O) groups excluding carboxylic acids is 1. The number of nitrogens with one attached hydrogen (secondary N) is 1. The maximum Gasteiger partial charge on any atom is 0.250 e. The standard InChI is InChI=1S/C12H14I3N3O3.C4H10O.C2H6/c1-4(18-2-5(20)3-19)6-8(13)7(12(17)21)10(15)11(16)9(6)14;1-4(2)3-5;1-2/h5,18-20H,1-3,16H2,(H2,17,21);4-5H,3H2,1-2H3;1-2H3. The van der Waals surface area contributed by atoms with Gasteiger partial charge in [-0.05, 0) is 73.7 Å². The molecule has 1 atom stereocenters. The number of nitrogens with two attached hydrogens (primary N) is 2. The molecule has 8 N–H and O–H groups in total. The van der Waals surface area contributed by atoms with Crippen molar-refractivity contribution in [3.05, 3.63) is 28.4 Å². The lowest BCUT2D eigenvalue weighted by Gasteiger charge is -2.19. The van der Waals surface area contributed by atoms with Crippen molar-refractivity contribution in [1.82, 2.24) is 5.32 Å². The maximum atomic E-state index is 11.6. The molecule has 0 aliphatic carbocycles. The number of benzene rings is 1. The Kier molecular flexibility index (Phi) is 17.2. The summed E-state index contributed by atoms with van der Waals surface area (Å²) in [5.74, 6) is -0.119. The topological polar surface area (TPSA) is 142 Å². The van der Waals surface area contributed by atoms with Gasteiger partial charge in [0.1, 0.15) is 0 Å². The summed E-state index contributed by atoms with van der Waals surface area (Å²) in [6, 6.07) is 0. The van der Waals surface area contributed by atoms with Crippen LogP contribution in [0.25, 0.3) is 5.70 Å². The first-order valence-electron chi connectivity index (χ1n) is 8.58. The van der Waals surface area contributed by atoms with Gasteiger partial charge in [-0.25, -0.2) is 0 Å². The number of halogens is 3. The molecule has 162 valence electrons. The second-order valence-electron chi connectivity index (χ2n) is 5.74. The molecule has 0 spiro atoms. The molecule has 1 aromatic carbocycles. The number of hydrogen-bond acceptors (Lipinski definition) is 6. The number of nitrogen functional groups attached to an aromatic ring is 1. The summed E-state index contributed by atoms with van der Waals surface area (Å²) in [4.78, 5) is 11.6. The van der Waals surface area contributed by atoms with Crippen molar-refractivity contribution in [1.29, 1.82) is 0 Å². The van der Waals surface area contributed by atoms with E-state index in [1.54, 1.807) is 0 Å². The van der Waals surface area contributed by atoms with Crippen LogP contribution in [0.2, 0.25) is 0 Å². The van der Waals surface area contributed by atoms with Crippen molar-refractivity contribution in [2.24, 2.45) is 11.7 Å². The van der Waals surface area contributed by atoms with Crippen LogP contribution >= 0.6 is 67.8 Å².